The summed E-state index contributed by atoms with van der Waals surface area (Å²) in [7, 11) is -3.00. The molecule has 0 aromatic rings. The van der Waals surface area contributed by atoms with Gasteiger partial charge in [-0.25, -0.2) is 8.42 Å². The Morgan fingerprint density at radius 2 is 1.80 bits per heavy atom. The van der Waals surface area contributed by atoms with Gasteiger partial charge in [-0.1, -0.05) is 6.92 Å². The van der Waals surface area contributed by atoms with E-state index in [1.54, 1.807) is 6.92 Å². The zero-order valence-electron chi connectivity index (χ0n) is 8.60. The Kier molecular flexibility index (Phi) is 6.19. The standard InChI is InChI=1S/C8H16F3NO2S/c1-2-15(13,14)7-3-5-12-6-4-8(9,10)11/h12H,2-7H2,1H3. The first-order valence-electron chi connectivity index (χ1n) is 4.75. The maximum atomic E-state index is 11.7. The zero-order chi connectivity index (χ0) is 11.9. The number of nitrogens with one attached hydrogen (secondary N) is 1. The summed E-state index contributed by atoms with van der Waals surface area (Å²) in [5.74, 6) is 0.109. The minimum absolute atomic E-state index is 0.0303. The Hall–Kier alpha value is -0.300. The third kappa shape index (κ3) is 9.99. The van der Waals surface area contributed by atoms with E-state index >= 15 is 0 Å². The second kappa shape index (κ2) is 6.32. The lowest BCUT2D eigenvalue weighted by Gasteiger charge is -2.07. The molecule has 0 aliphatic carbocycles. The van der Waals surface area contributed by atoms with Gasteiger partial charge < -0.3 is 5.32 Å². The van der Waals surface area contributed by atoms with Crippen molar-refractivity contribution < 1.29 is 21.6 Å². The number of hydrogen-bond acceptors (Lipinski definition) is 3. The van der Waals surface area contributed by atoms with Crippen LogP contribution in [0.4, 0.5) is 13.2 Å². The predicted octanol–water partition coefficient (Wildman–Crippen LogP) is 1.35. The summed E-state index contributed by atoms with van der Waals surface area (Å²) in [6.45, 7) is 1.69. The van der Waals surface area contributed by atoms with Crippen LogP contribution in [0.2, 0.25) is 0 Å². The summed E-state index contributed by atoms with van der Waals surface area (Å²) in [6.07, 6.45) is -4.68. The molecule has 15 heavy (non-hydrogen) atoms. The van der Waals surface area contributed by atoms with Gasteiger partial charge in [-0.3, -0.25) is 0 Å². The highest BCUT2D eigenvalue weighted by atomic mass is 32.2. The maximum Gasteiger partial charge on any atom is 0.390 e. The van der Waals surface area contributed by atoms with Crippen molar-refractivity contribution in [1.29, 1.82) is 0 Å². The van der Waals surface area contributed by atoms with E-state index in [0.29, 0.717) is 13.0 Å². The van der Waals surface area contributed by atoms with Crippen molar-refractivity contribution in [2.24, 2.45) is 0 Å². The monoisotopic (exact) mass is 247 g/mol. The zero-order valence-corrected chi connectivity index (χ0v) is 9.42. The molecule has 0 bridgehead atoms. The first kappa shape index (κ1) is 14.7. The van der Waals surface area contributed by atoms with Crippen LogP contribution in [0.3, 0.4) is 0 Å². The number of sulfone groups is 1. The molecule has 0 amide bonds. The predicted molar refractivity (Wildman–Crippen MR) is 52.5 cm³/mol. The van der Waals surface area contributed by atoms with Gasteiger partial charge in [0.05, 0.1) is 12.2 Å². The molecule has 0 spiro atoms. The molecule has 0 atom stereocenters. The quantitative estimate of drug-likeness (QED) is 0.691. The van der Waals surface area contributed by atoms with Crippen molar-refractivity contribution in [2.75, 3.05) is 24.6 Å². The van der Waals surface area contributed by atoms with Crippen molar-refractivity contribution in [1.82, 2.24) is 5.32 Å². The molecule has 0 saturated heterocycles. The third-order valence-corrected chi connectivity index (χ3v) is 3.62. The van der Waals surface area contributed by atoms with Crippen molar-refractivity contribution in [3.8, 4) is 0 Å². The minimum atomic E-state index is -4.15. The van der Waals surface area contributed by atoms with E-state index < -0.39 is 22.4 Å². The van der Waals surface area contributed by atoms with Gasteiger partial charge in [0, 0.05) is 12.3 Å². The molecule has 1 N–H and O–H groups in total. The lowest BCUT2D eigenvalue weighted by molar-refractivity contribution is -0.133. The average Bonchev–Trinajstić information content (AvgIpc) is 2.09. The van der Waals surface area contributed by atoms with Gasteiger partial charge in [0.25, 0.3) is 0 Å². The van der Waals surface area contributed by atoms with Crippen molar-refractivity contribution >= 4 is 9.84 Å². The van der Waals surface area contributed by atoms with E-state index in [9.17, 15) is 21.6 Å². The fourth-order valence-corrected chi connectivity index (χ4v) is 1.79. The van der Waals surface area contributed by atoms with Gasteiger partial charge in [-0.05, 0) is 13.0 Å². The topological polar surface area (TPSA) is 46.2 Å². The van der Waals surface area contributed by atoms with Gasteiger partial charge in [0.1, 0.15) is 9.84 Å². The molecule has 0 rings (SSSR count). The number of hydrogen-bond donors (Lipinski definition) is 1. The van der Waals surface area contributed by atoms with Crippen LogP contribution < -0.4 is 5.32 Å². The smallest absolute Gasteiger partial charge is 0.316 e. The van der Waals surface area contributed by atoms with E-state index in [-0.39, 0.29) is 18.1 Å². The van der Waals surface area contributed by atoms with Gasteiger partial charge in [-0.2, -0.15) is 13.2 Å². The first-order chi connectivity index (χ1) is 6.77. The normalized spacial score (nSPS) is 13.1. The van der Waals surface area contributed by atoms with Crippen molar-refractivity contribution in [2.45, 2.75) is 25.9 Å². The molecule has 0 heterocycles. The van der Waals surface area contributed by atoms with Crippen LogP contribution in [-0.4, -0.2) is 39.2 Å². The van der Waals surface area contributed by atoms with Gasteiger partial charge in [-0.15, -0.1) is 0 Å². The van der Waals surface area contributed by atoms with Crippen LogP contribution in [0.1, 0.15) is 19.8 Å². The van der Waals surface area contributed by atoms with E-state index in [1.807, 2.05) is 0 Å². The number of halogens is 3. The van der Waals surface area contributed by atoms with Gasteiger partial charge in [0.2, 0.25) is 0 Å². The second-order valence-corrected chi connectivity index (χ2v) is 5.68. The molecule has 0 aromatic heterocycles. The molecule has 0 aliphatic heterocycles. The van der Waals surface area contributed by atoms with E-state index in [2.05, 4.69) is 5.32 Å². The van der Waals surface area contributed by atoms with Crippen LogP contribution in [0.15, 0.2) is 0 Å². The number of alkyl halides is 3. The van der Waals surface area contributed by atoms with Crippen molar-refractivity contribution in [3.63, 3.8) is 0 Å². The summed E-state index contributed by atoms with van der Waals surface area (Å²) in [5.41, 5.74) is 0. The maximum absolute atomic E-state index is 11.7. The highest BCUT2D eigenvalue weighted by Gasteiger charge is 2.25. The Labute approximate surface area is 88.0 Å². The van der Waals surface area contributed by atoms with Crippen LogP contribution in [0.5, 0.6) is 0 Å². The molecule has 0 aliphatic rings. The fraction of sp³-hybridized carbons (Fsp3) is 1.00. The summed E-state index contributed by atoms with van der Waals surface area (Å²) < 4.78 is 57.0. The summed E-state index contributed by atoms with van der Waals surface area (Å²) in [5, 5.41) is 2.55. The van der Waals surface area contributed by atoms with Crippen LogP contribution >= 0.6 is 0 Å². The summed E-state index contributed by atoms with van der Waals surface area (Å²) >= 11 is 0. The molecule has 0 radical (unpaired) electrons. The highest BCUT2D eigenvalue weighted by Crippen LogP contribution is 2.17. The van der Waals surface area contributed by atoms with Crippen molar-refractivity contribution in [3.05, 3.63) is 0 Å². The molecule has 3 nitrogen and oxygen atoms in total. The third-order valence-electron chi connectivity index (χ3n) is 1.83. The Morgan fingerprint density at radius 1 is 1.20 bits per heavy atom. The number of rotatable bonds is 7. The van der Waals surface area contributed by atoms with Crippen LogP contribution in [-0.2, 0) is 9.84 Å². The molecular formula is C8H16F3NO2S. The summed E-state index contributed by atoms with van der Waals surface area (Å²) in [6, 6.07) is 0. The van der Waals surface area contributed by atoms with E-state index in [1.165, 1.54) is 0 Å². The molecule has 0 unspecified atom stereocenters. The highest BCUT2D eigenvalue weighted by molar-refractivity contribution is 7.91. The lowest BCUT2D eigenvalue weighted by Crippen LogP contribution is -2.24. The fourth-order valence-electron chi connectivity index (χ4n) is 0.917. The Bertz CT molecular complexity index is 262. The molecular weight excluding hydrogens is 231 g/mol. The lowest BCUT2D eigenvalue weighted by atomic mass is 10.4. The van der Waals surface area contributed by atoms with Gasteiger partial charge in [0.15, 0.2) is 0 Å². The minimum Gasteiger partial charge on any atom is -0.316 e. The SMILES string of the molecule is CCS(=O)(=O)CCCNCCC(F)(F)F. The van der Waals surface area contributed by atoms with E-state index in [4.69, 9.17) is 0 Å². The molecule has 0 aromatic carbocycles. The average molecular weight is 247 g/mol. The molecule has 7 heteroatoms. The molecule has 0 saturated carbocycles. The Morgan fingerprint density at radius 3 is 2.27 bits per heavy atom. The van der Waals surface area contributed by atoms with E-state index in [0.717, 1.165) is 0 Å². The second-order valence-electron chi connectivity index (χ2n) is 3.21. The summed E-state index contributed by atoms with van der Waals surface area (Å²) in [4.78, 5) is 0. The molecule has 0 fully saturated rings. The Balaban J connectivity index is 3.42. The van der Waals surface area contributed by atoms with Crippen LogP contribution in [0.25, 0.3) is 0 Å². The first-order valence-corrected chi connectivity index (χ1v) is 6.57. The largest absolute Gasteiger partial charge is 0.390 e. The van der Waals surface area contributed by atoms with Gasteiger partial charge >= 0.3 is 6.18 Å². The molecule has 92 valence electrons. The van der Waals surface area contributed by atoms with Crippen LogP contribution in [0, 0.1) is 0 Å².